The Morgan fingerprint density at radius 3 is 2.59 bits per heavy atom. The highest BCUT2D eigenvalue weighted by molar-refractivity contribution is 14.1. The van der Waals surface area contributed by atoms with Gasteiger partial charge in [-0.05, 0) is 0 Å². The number of nitrogens with zero attached hydrogens (tertiary/aromatic N) is 1. The van der Waals surface area contributed by atoms with Gasteiger partial charge in [0, 0.05) is 21.1 Å². The van der Waals surface area contributed by atoms with Crippen LogP contribution < -0.4 is 11.2 Å². The van der Waals surface area contributed by atoms with Crippen LogP contribution in [0.1, 0.15) is 6.23 Å². The van der Waals surface area contributed by atoms with Crippen molar-refractivity contribution in [2.24, 2.45) is 0 Å². The first-order chi connectivity index (χ1) is 8.12. The van der Waals surface area contributed by atoms with Gasteiger partial charge in [-0.15, -0.1) is 0 Å². The first-order valence-corrected chi connectivity index (χ1v) is 7.87. The summed E-state index contributed by atoms with van der Waals surface area (Å²) in [5.41, 5.74) is -0.949. The molecule has 1 aromatic rings. The molecule has 6 nitrogen and oxygen atoms in total. The quantitative estimate of drug-likeness (QED) is 0.467. The highest BCUT2D eigenvalue weighted by Gasteiger charge is 2.17. The number of hydrogen-bond donors (Lipinski definition) is 2. The van der Waals surface area contributed by atoms with Crippen molar-refractivity contribution in [3.8, 4) is 0 Å². The van der Waals surface area contributed by atoms with E-state index in [1.165, 1.54) is 16.8 Å². The zero-order valence-corrected chi connectivity index (χ0v) is 13.1. The molecule has 0 radical (unpaired) electrons. The number of aliphatic hydroxyl groups is 1. The van der Waals surface area contributed by atoms with E-state index in [1.807, 2.05) is 0 Å². The van der Waals surface area contributed by atoms with Gasteiger partial charge in [0.25, 0.3) is 5.56 Å². The summed E-state index contributed by atoms with van der Waals surface area (Å²) in [5, 5.41) is 9.05. The molecule has 2 N–H and O–H groups in total. The van der Waals surface area contributed by atoms with Crippen LogP contribution in [0.4, 0.5) is 0 Å². The van der Waals surface area contributed by atoms with Crippen LogP contribution in [-0.4, -0.2) is 36.2 Å². The lowest BCUT2D eigenvalue weighted by Crippen LogP contribution is -2.35. The first kappa shape index (κ1) is 15.1. The number of nitrogens with one attached hydrogen (secondary N) is 1. The number of rotatable bonds is 6. The Balaban J connectivity index is 2.93. The number of aromatic nitrogens is 2. The van der Waals surface area contributed by atoms with Gasteiger partial charge in [-0.1, -0.05) is 45.2 Å². The van der Waals surface area contributed by atoms with Crippen LogP contribution in [0, 0.1) is 0 Å². The van der Waals surface area contributed by atoms with Crippen LogP contribution in [0.5, 0.6) is 0 Å². The van der Waals surface area contributed by atoms with Crippen molar-refractivity contribution >= 4 is 45.2 Å². The molecule has 2 atom stereocenters. The average Bonchev–Trinajstić information content (AvgIpc) is 2.32. The van der Waals surface area contributed by atoms with E-state index in [2.05, 4.69) is 50.2 Å². The van der Waals surface area contributed by atoms with E-state index in [9.17, 15) is 9.59 Å². The smallest absolute Gasteiger partial charge is 0.330 e. The van der Waals surface area contributed by atoms with E-state index in [0.29, 0.717) is 8.86 Å². The fourth-order valence-electron chi connectivity index (χ4n) is 1.18. The molecule has 17 heavy (non-hydrogen) atoms. The van der Waals surface area contributed by atoms with Crippen molar-refractivity contribution in [1.29, 1.82) is 0 Å². The van der Waals surface area contributed by atoms with Crippen molar-refractivity contribution in [3.63, 3.8) is 0 Å². The van der Waals surface area contributed by atoms with Crippen LogP contribution in [0.25, 0.3) is 0 Å². The molecule has 0 aliphatic heterocycles. The maximum absolute atomic E-state index is 11.6. The molecular weight excluding hydrogens is 454 g/mol. The van der Waals surface area contributed by atoms with Gasteiger partial charge in [0.1, 0.15) is 6.23 Å². The second-order valence-electron chi connectivity index (χ2n) is 3.22. The fourth-order valence-corrected chi connectivity index (χ4v) is 2.30. The Morgan fingerprint density at radius 1 is 1.41 bits per heavy atom. The van der Waals surface area contributed by atoms with E-state index in [0.717, 1.165) is 0 Å². The van der Waals surface area contributed by atoms with Gasteiger partial charge in [-0.3, -0.25) is 14.3 Å². The SMILES string of the molecule is O=c1ccn([C@@H](CI)O[C@H](CO)CI)c(=O)[nH]1. The standard InChI is InChI=1S/C9H12I2N2O4/c10-3-6(5-14)17-8(4-11)13-2-1-7(15)12-9(13)16/h1-2,6,8,14H,3-5H2,(H,12,15,16)/t6-,8+/m0/s1. The summed E-state index contributed by atoms with van der Waals surface area (Å²) in [5.74, 6) is 0. The van der Waals surface area contributed by atoms with Crippen molar-refractivity contribution < 1.29 is 9.84 Å². The molecule has 0 aliphatic carbocycles. The molecule has 0 bridgehead atoms. The lowest BCUT2D eigenvalue weighted by Gasteiger charge is -2.22. The van der Waals surface area contributed by atoms with Gasteiger partial charge >= 0.3 is 5.69 Å². The summed E-state index contributed by atoms with van der Waals surface area (Å²) in [6, 6.07) is 1.27. The fraction of sp³-hybridized carbons (Fsp3) is 0.556. The maximum Gasteiger partial charge on any atom is 0.330 e. The molecule has 1 aromatic heterocycles. The van der Waals surface area contributed by atoms with Crippen molar-refractivity contribution in [2.75, 3.05) is 15.5 Å². The minimum Gasteiger partial charge on any atom is -0.394 e. The van der Waals surface area contributed by atoms with Gasteiger partial charge in [-0.2, -0.15) is 0 Å². The molecule has 0 saturated carbocycles. The molecule has 0 saturated heterocycles. The summed E-state index contributed by atoms with van der Waals surface area (Å²) in [6.45, 7) is -0.103. The minimum absolute atomic E-state index is 0.103. The Hall–Kier alpha value is 0.0600. The Labute approximate surface area is 125 Å². The molecule has 96 valence electrons. The summed E-state index contributed by atoms with van der Waals surface area (Å²) in [4.78, 5) is 24.7. The molecule has 0 fully saturated rings. The number of aliphatic hydroxyl groups excluding tert-OH is 1. The molecule has 1 heterocycles. The Bertz CT molecular complexity index is 455. The number of hydrogen-bond acceptors (Lipinski definition) is 4. The number of alkyl halides is 2. The van der Waals surface area contributed by atoms with Gasteiger partial charge < -0.3 is 9.84 Å². The van der Waals surface area contributed by atoms with Crippen molar-refractivity contribution in [3.05, 3.63) is 33.1 Å². The second-order valence-corrected chi connectivity index (χ2v) is 4.98. The van der Waals surface area contributed by atoms with Crippen LogP contribution >= 0.6 is 45.2 Å². The number of halogens is 2. The monoisotopic (exact) mass is 466 g/mol. The second kappa shape index (κ2) is 7.48. The van der Waals surface area contributed by atoms with Crippen molar-refractivity contribution in [2.45, 2.75) is 12.3 Å². The summed E-state index contributed by atoms with van der Waals surface area (Å²) >= 11 is 4.18. The normalized spacial score (nSPS) is 14.5. The summed E-state index contributed by atoms with van der Waals surface area (Å²) < 4.78 is 8.05. The Morgan fingerprint density at radius 2 is 2.12 bits per heavy atom. The van der Waals surface area contributed by atoms with Crippen LogP contribution in [0.15, 0.2) is 21.9 Å². The summed E-state index contributed by atoms with van der Waals surface area (Å²) in [7, 11) is 0. The van der Waals surface area contributed by atoms with Crippen LogP contribution in [0.2, 0.25) is 0 Å². The molecule has 0 unspecified atom stereocenters. The van der Waals surface area contributed by atoms with E-state index < -0.39 is 17.5 Å². The zero-order chi connectivity index (χ0) is 12.8. The topological polar surface area (TPSA) is 84.3 Å². The summed E-state index contributed by atoms with van der Waals surface area (Å²) in [6.07, 6.45) is 0.576. The van der Waals surface area contributed by atoms with Gasteiger partial charge in [0.15, 0.2) is 0 Å². The number of H-pyrrole nitrogens is 1. The van der Waals surface area contributed by atoms with E-state index in [1.54, 1.807) is 0 Å². The number of aromatic amines is 1. The first-order valence-electron chi connectivity index (χ1n) is 4.82. The van der Waals surface area contributed by atoms with E-state index in [4.69, 9.17) is 9.84 Å². The van der Waals surface area contributed by atoms with Crippen molar-refractivity contribution in [1.82, 2.24) is 9.55 Å². The highest BCUT2D eigenvalue weighted by Crippen LogP contribution is 2.13. The molecule has 0 aromatic carbocycles. The van der Waals surface area contributed by atoms with Gasteiger partial charge in [-0.25, -0.2) is 4.79 Å². The molecule has 1 rings (SSSR count). The van der Waals surface area contributed by atoms with Crippen LogP contribution in [-0.2, 0) is 4.74 Å². The largest absolute Gasteiger partial charge is 0.394 e. The molecule has 0 spiro atoms. The zero-order valence-electron chi connectivity index (χ0n) is 8.81. The van der Waals surface area contributed by atoms with Gasteiger partial charge in [0.2, 0.25) is 0 Å². The van der Waals surface area contributed by atoms with Gasteiger partial charge in [0.05, 0.1) is 12.7 Å². The predicted octanol–water partition coefficient (Wildman–Crippen LogP) is 0.283. The average molecular weight is 466 g/mol. The molecular formula is C9H12I2N2O4. The van der Waals surface area contributed by atoms with E-state index in [-0.39, 0.29) is 12.7 Å². The third-order valence-corrected chi connectivity index (χ3v) is 3.75. The minimum atomic E-state index is -0.510. The Kier molecular flexibility index (Phi) is 6.66. The van der Waals surface area contributed by atoms with Crippen LogP contribution in [0.3, 0.4) is 0 Å². The third kappa shape index (κ3) is 4.34. The maximum atomic E-state index is 11.6. The molecule has 0 aliphatic rings. The molecule has 8 heteroatoms. The third-order valence-electron chi connectivity index (χ3n) is 2.02. The predicted molar refractivity (Wildman–Crippen MR) is 80.1 cm³/mol. The highest BCUT2D eigenvalue weighted by atomic mass is 127. The number of ether oxygens (including phenoxy) is 1. The lowest BCUT2D eigenvalue weighted by atomic mass is 10.4. The van der Waals surface area contributed by atoms with E-state index >= 15 is 0 Å². The lowest BCUT2D eigenvalue weighted by molar-refractivity contribution is -0.0502. The molecule has 0 amide bonds.